The number of nitrogens with zero attached hydrogens (tertiary/aromatic N) is 1. The lowest BCUT2D eigenvalue weighted by atomic mass is 10.1. The molecule has 1 heterocycles. The summed E-state index contributed by atoms with van der Waals surface area (Å²) < 4.78 is 66.1. The Hall–Kier alpha value is -2.39. The number of carbonyl (C=O) groups is 1. The summed E-state index contributed by atoms with van der Waals surface area (Å²) in [7, 11) is -4.04. The van der Waals surface area contributed by atoms with Gasteiger partial charge in [-0.2, -0.15) is 17.5 Å². The van der Waals surface area contributed by atoms with Gasteiger partial charge in [0.2, 0.25) is 15.9 Å². The van der Waals surface area contributed by atoms with Crippen LogP contribution in [0.15, 0.2) is 59.5 Å². The Kier molecular flexibility index (Phi) is 6.28. The monoisotopic (exact) mass is 426 g/mol. The Morgan fingerprint density at radius 1 is 1.00 bits per heavy atom. The number of alkyl halides is 3. The largest absolute Gasteiger partial charge is 0.416 e. The number of benzene rings is 2. The summed E-state index contributed by atoms with van der Waals surface area (Å²) in [6.07, 6.45) is -2.73. The van der Waals surface area contributed by atoms with E-state index in [4.69, 9.17) is 0 Å². The van der Waals surface area contributed by atoms with E-state index in [1.807, 2.05) is 0 Å². The van der Waals surface area contributed by atoms with Crippen LogP contribution in [0.3, 0.4) is 0 Å². The van der Waals surface area contributed by atoms with Crippen LogP contribution in [0.1, 0.15) is 30.4 Å². The summed E-state index contributed by atoms with van der Waals surface area (Å²) in [5, 5.41) is 2.72. The molecule has 1 aliphatic rings. The van der Waals surface area contributed by atoms with Gasteiger partial charge in [0.25, 0.3) is 0 Å². The van der Waals surface area contributed by atoms with Gasteiger partial charge < -0.3 is 5.32 Å². The molecule has 0 aromatic heterocycles. The fourth-order valence-electron chi connectivity index (χ4n) is 3.27. The lowest BCUT2D eigenvalue weighted by Crippen LogP contribution is -2.48. The van der Waals surface area contributed by atoms with Crippen LogP contribution in [0.5, 0.6) is 0 Å². The summed E-state index contributed by atoms with van der Waals surface area (Å²) in [4.78, 5) is 12.6. The second-order valence-electron chi connectivity index (χ2n) is 6.86. The van der Waals surface area contributed by atoms with Gasteiger partial charge in [0.1, 0.15) is 6.04 Å². The average Bonchev–Trinajstić information content (AvgIpc) is 2.90. The van der Waals surface area contributed by atoms with Crippen molar-refractivity contribution in [3.8, 4) is 0 Å². The predicted octanol–water partition coefficient (Wildman–Crippen LogP) is 3.57. The summed E-state index contributed by atoms with van der Waals surface area (Å²) in [6.45, 7) is 0.266. The Labute approximate surface area is 167 Å². The van der Waals surface area contributed by atoms with E-state index in [9.17, 15) is 26.4 Å². The molecular formula is C20H21F3N2O3S. The number of nitrogens with one attached hydrogen (secondary N) is 1. The smallest absolute Gasteiger partial charge is 0.355 e. The molecule has 0 unspecified atom stereocenters. The first-order valence-electron chi connectivity index (χ1n) is 9.20. The van der Waals surface area contributed by atoms with Crippen LogP contribution in [-0.4, -0.2) is 31.2 Å². The summed E-state index contributed by atoms with van der Waals surface area (Å²) in [5.74, 6) is -0.395. The Balaban J connectivity index is 1.98. The van der Waals surface area contributed by atoms with Gasteiger partial charge in [0, 0.05) is 13.1 Å². The van der Waals surface area contributed by atoms with Crippen molar-refractivity contribution in [1.29, 1.82) is 0 Å². The number of rotatable bonds is 5. The van der Waals surface area contributed by atoms with E-state index in [0.717, 1.165) is 22.9 Å². The molecular weight excluding hydrogens is 405 g/mol. The van der Waals surface area contributed by atoms with Crippen LogP contribution in [0.25, 0.3) is 0 Å². The van der Waals surface area contributed by atoms with Crippen molar-refractivity contribution in [3.63, 3.8) is 0 Å². The standard InChI is InChI=1S/C20H21F3N2O3S/c21-20(22,23)16-11-9-15(10-12-16)14-25(18-8-4-5-13-24-19(18)26)29(27,28)17-6-2-1-3-7-17/h1-3,6-7,9-12,18H,4-5,8,13-14H2,(H,24,26)/t18-/m1/s1. The maximum absolute atomic E-state index is 13.3. The number of amides is 1. The Bertz CT molecular complexity index is 945. The van der Waals surface area contributed by atoms with Gasteiger partial charge in [-0.1, -0.05) is 30.3 Å². The quantitative estimate of drug-likeness (QED) is 0.795. The minimum absolute atomic E-state index is 0.0314. The van der Waals surface area contributed by atoms with Crippen molar-refractivity contribution in [1.82, 2.24) is 9.62 Å². The first-order valence-corrected chi connectivity index (χ1v) is 10.6. The van der Waals surface area contributed by atoms with Crippen LogP contribution in [-0.2, 0) is 27.5 Å². The molecule has 2 aromatic carbocycles. The van der Waals surface area contributed by atoms with E-state index >= 15 is 0 Å². The van der Waals surface area contributed by atoms with Crippen molar-refractivity contribution >= 4 is 15.9 Å². The molecule has 9 heteroatoms. The fraction of sp³-hybridized carbons (Fsp3) is 0.350. The average molecular weight is 426 g/mol. The molecule has 1 amide bonds. The highest BCUT2D eigenvalue weighted by Crippen LogP contribution is 2.30. The van der Waals surface area contributed by atoms with E-state index in [0.29, 0.717) is 24.9 Å². The fourth-order valence-corrected chi connectivity index (χ4v) is 4.89. The van der Waals surface area contributed by atoms with Crippen LogP contribution >= 0.6 is 0 Å². The van der Waals surface area contributed by atoms with Crippen molar-refractivity contribution in [2.45, 2.75) is 42.9 Å². The van der Waals surface area contributed by atoms with Crippen LogP contribution in [0.2, 0.25) is 0 Å². The van der Waals surface area contributed by atoms with Gasteiger partial charge in [0.05, 0.1) is 10.5 Å². The highest BCUT2D eigenvalue weighted by atomic mass is 32.2. The number of hydrogen-bond acceptors (Lipinski definition) is 3. The normalized spacial score (nSPS) is 18.3. The van der Waals surface area contributed by atoms with Crippen molar-refractivity contribution < 1.29 is 26.4 Å². The topological polar surface area (TPSA) is 66.5 Å². The molecule has 29 heavy (non-hydrogen) atoms. The SMILES string of the molecule is O=C1NCCCC[C@H]1N(Cc1ccc(C(F)(F)F)cc1)S(=O)(=O)c1ccccc1. The zero-order chi connectivity index (χ0) is 21.1. The van der Waals surface area contributed by atoms with E-state index < -0.39 is 33.7 Å². The molecule has 156 valence electrons. The summed E-state index contributed by atoms with van der Waals surface area (Å²) in [6, 6.07) is 11.1. The Morgan fingerprint density at radius 3 is 2.28 bits per heavy atom. The molecule has 1 aliphatic heterocycles. The number of hydrogen-bond donors (Lipinski definition) is 1. The van der Waals surface area contributed by atoms with E-state index in [2.05, 4.69) is 5.32 Å². The van der Waals surface area contributed by atoms with Gasteiger partial charge in [-0.25, -0.2) is 8.42 Å². The molecule has 1 saturated heterocycles. The second kappa shape index (κ2) is 8.54. The van der Waals surface area contributed by atoms with E-state index in [-0.39, 0.29) is 11.4 Å². The molecule has 3 rings (SSSR count). The molecule has 0 bridgehead atoms. The zero-order valence-corrected chi connectivity index (χ0v) is 16.3. The number of carbonyl (C=O) groups excluding carboxylic acids is 1. The Morgan fingerprint density at radius 2 is 1.66 bits per heavy atom. The maximum atomic E-state index is 13.3. The van der Waals surface area contributed by atoms with Gasteiger partial charge in [-0.3, -0.25) is 4.79 Å². The second-order valence-corrected chi connectivity index (χ2v) is 8.75. The minimum atomic E-state index is -4.48. The highest BCUT2D eigenvalue weighted by molar-refractivity contribution is 7.89. The lowest BCUT2D eigenvalue weighted by molar-refractivity contribution is -0.137. The van der Waals surface area contributed by atoms with Gasteiger partial charge in [-0.05, 0) is 49.1 Å². The molecule has 0 saturated carbocycles. The summed E-state index contributed by atoms with van der Waals surface area (Å²) in [5.41, 5.74) is -0.444. The molecule has 2 aromatic rings. The third-order valence-corrected chi connectivity index (χ3v) is 6.69. The van der Waals surface area contributed by atoms with Crippen LogP contribution in [0.4, 0.5) is 13.2 Å². The first kappa shape index (κ1) is 21.3. The van der Waals surface area contributed by atoms with Crippen LogP contribution < -0.4 is 5.32 Å². The third-order valence-electron chi connectivity index (χ3n) is 4.82. The van der Waals surface area contributed by atoms with Crippen molar-refractivity contribution in [2.75, 3.05) is 6.54 Å². The summed E-state index contributed by atoms with van der Waals surface area (Å²) >= 11 is 0. The van der Waals surface area contributed by atoms with E-state index in [1.165, 1.54) is 24.3 Å². The van der Waals surface area contributed by atoms with Crippen LogP contribution in [0, 0.1) is 0 Å². The molecule has 0 spiro atoms. The van der Waals surface area contributed by atoms with E-state index in [1.54, 1.807) is 18.2 Å². The van der Waals surface area contributed by atoms with Gasteiger partial charge >= 0.3 is 6.18 Å². The van der Waals surface area contributed by atoms with Crippen molar-refractivity contribution in [3.05, 3.63) is 65.7 Å². The third kappa shape index (κ3) is 4.97. The van der Waals surface area contributed by atoms with Gasteiger partial charge in [0.15, 0.2) is 0 Å². The molecule has 0 radical (unpaired) electrons. The minimum Gasteiger partial charge on any atom is -0.355 e. The zero-order valence-electron chi connectivity index (χ0n) is 15.5. The molecule has 0 aliphatic carbocycles. The molecule has 1 atom stereocenters. The number of halogens is 3. The van der Waals surface area contributed by atoms with Crippen molar-refractivity contribution in [2.24, 2.45) is 0 Å². The first-order chi connectivity index (χ1) is 13.7. The number of sulfonamides is 1. The predicted molar refractivity (Wildman–Crippen MR) is 101 cm³/mol. The lowest BCUT2D eigenvalue weighted by Gasteiger charge is -2.29. The molecule has 1 fully saturated rings. The maximum Gasteiger partial charge on any atom is 0.416 e. The molecule has 1 N–H and O–H groups in total. The highest BCUT2D eigenvalue weighted by Gasteiger charge is 2.37. The van der Waals surface area contributed by atoms with Gasteiger partial charge in [-0.15, -0.1) is 0 Å². The molecule has 5 nitrogen and oxygen atoms in total.